The number of aliphatic hydroxyl groups excluding tert-OH is 1. The highest BCUT2D eigenvalue weighted by Gasteiger charge is 2.42. The fourth-order valence-corrected chi connectivity index (χ4v) is 4.97. The van der Waals surface area contributed by atoms with Gasteiger partial charge in [0.2, 0.25) is 5.91 Å². The largest absolute Gasteiger partial charge is 0.394 e. The summed E-state index contributed by atoms with van der Waals surface area (Å²) in [5.41, 5.74) is 2.13. The molecule has 5 heteroatoms. The lowest BCUT2D eigenvalue weighted by Gasteiger charge is -2.42. The van der Waals surface area contributed by atoms with Gasteiger partial charge in [0.25, 0.3) is 0 Å². The molecular weight excluding hydrogens is 441 g/mol. The molecule has 3 atom stereocenters. The van der Waals surface area contributed by atoms with Gasteiger partial charge in [-0.3, -0.25) is 4.79 Å². The second kappa shape index (κ2) is 11.9. The van der Waals surface area contributed by atoms with Crippen LogP contribution in [0, 0.1) is 5.92 Å². The van der Waals surface area contributed by atoms with Crippen LogP contribution in [0.25, 0.3) is 0 Å². The van der Waals surface area contributed by atoms with E-state index < -0.39 is 0 Å². The third-order valence-electron chi connectivity index (χ3n) is 6.33. The fourth-order valence-electron chi connectivity index (χ4n) is 4.65. The highest BCUT2D eigenvalue weighted by Crippen LogP contribution is 2.45. The maximum Gasteiger partial charge on any atom is 0.223 e. The molecule has 0 unspecified atom stereocenters. The summed E-state index contributed by atoms with van der Waals surface area (Å²) in [4.78, 5) is 15.6. The Morgan fingerprint density at radius 1 is 1.16 bits per heavy atom. The zero-order chi connectivity index (χ0) is 23.1. The zero-order valence-corrected chi connectivity index (χ0v) is 20.2. The van der Waals surface area contributed by atoms with Gasteiger partial charge in [-0.2, -0.15) is 0 Å². The van der Waals surface area contributed by atoms with E-state index in [1.54, 1.807) is 6.08 Å². The molecule has 172 valence electrons. The Morgan fingerprint density at radius 2 is 1.88 bits per heavy atom. The molecule has 0 aromatic heterocycles. The smallest absolute Gasteiger partial charge is 0.223 e. The molecule has 1 aliphatic carbocycles. The van der Waals surface area contributed by atoms with Crippen molar-refractivity contribution in [2.75, 3.05) is 6.61 Å². The molecule has 1 N–H and O–H groups in total. The van der Waals surface area contributed by atoms with E-state index in [4.69, 9.17) is 23.2 Å². The number of aliphatic hydroxyl groups is 1. The maximum atomic E-state index is 13.6. The minimum atomic E-state index is -0.222. The second-order valence-electron chi connectivity index (χ2n) is 8.66. The fraction of sp³-hybridized carbons (Fsp3) is 0.444. The van der Waals surface area contributed by atoms with E-state index in [-0.39, 0.29) is 30.5 Å². The summed E-state index contributed by atoms with van der Waals surface area (Å²) in [7, 11) is 0. The highest BCUT2D eigenvalue weighted by molar-refractivity contribution is 6.30. The Labute approximate surface area is 202 Å². The highest BCUT2D eigenvalue weighted by atomic mass is 35.5. The van der Waals surface area contributed by atoms with Crippen LogP contribution in [0.2, 0.25) is 10.0 Å². The number of hydrogen-bond donors (Lipinski definition) is 1. The number of benzene rings is 2. The molecule has 1 amide bonds. The lowest BCUT2D eigenvalue weighted by molar-refractivity contribution is -0.139. The standard InChI is InChI=1S/C27H33Cl2NO2/c1-3-5-10-26(32)30(25(18-31)19-11-12-19)27(20-13-15-22(28)16-14-20)24(7-4-2)21-8-6-9-23(29)17-21/h3,6,8-9,13-17,19,24-25,27,31H,1,4-5,7,10-12,18H2,2H3/t24-,25-,27-/m1/s1. The average Bonchev–Trinajstić information content (AvgIpc) is 3.62. The third-order valence-corrected chi connectivity index (χ3v) is 6.82. The SMILES string of the molecule is C=CCCC(=O)N([C@H](CO)C1CC1)[C@H](c1ccc(Cl)cc1)[C@H](CCC)c1cccc(Cl)c1. The summed E-state index contributed by atoms with van der Waals surface area (Å²) in [5.74, 6) is 0.434. The van der Waals surface area contributed by atoms with E-state index >= 15 is 0 Å². The van der Waals surface area contributed by atoms with Gasteiger partial charge in [0.1, 0.15) is 0 Å². The molecule has 0 radical (unpaired) electrons. The number of rotatable bonds is 12. The van der Waals surface area contributed by atoms with Crippen molar-refractivity contribution in [3.05, 3.63) is 82.4 Å². The molecule has 2 aromatic carbocycles. The molecule has 1 fully saturated rings. The normalized spacial score (nSPS) is 16.2. The predicted octanol–water partition coefficient (Wildman–Crippen LogP) is 7.18. The summed E-state index contributed by atoms with van der Waals surface area (Å²) >= 11 is 12.6. The third kappa shape index (κ3) is 6.15. The van der Waals surface area contributed by atoms with Gasteiger partial charge >= 0.3 is 0 Å². The van der Waals surface area contributed by atoms with Gasteiger partial charge in [-0.1, -0.05) is 66.9 Å². The van der Waals surface area contributed by atoms with Gasteiger partial charge in [0.15, 0.2) is 0 Å². The molecule has 0 spiro atoms. The molecule has 0 heterocycles. The Balaban J connectivity index is 2.15. The van der Waals surface area contributed by atoms with E-state index in [0.29, 0.717) is 28.8 Å². The van der Waals surface area contributed by atoms with Crippen LogP contribution in [0.1, 0.15) is 68.5 Å². The molecule has 1 aliphatic rings. The molecule has 0 aliphatic heterocycles. The van der Waals surface area contributed by atoms with E-state index in [9.17, 15) is 9.90 Å². The molecule has 3 rings (SSSR count). The first-order valence-corrected chi connectivity index (χ1v) is 12.3. The van der Waals surface area contributed by atoms with Crippen LogP contribution in [0.15, 0.2) is 61.2 Å². The van der Waals surface area contributed by atoms with E-state index in [1.807, 2.05) is 47.4 Å². The number of carbonyl (C=O) groups is 1. The summed E-state index contributed by atoms with van der Waals surface area (Å²) in [6.07, 6.45) is 6.70. The number of allylic oxidation sites excluding steroid dienone is 1. The summed E-state index contributed by atoms with van der Waals surface area (Å²) in [6, 6.07) is 15.3. The van der Waals surface area contributed by atoms with Crippen LogP contribution in [0.4, 0.5) is 0 Å². The van der Waals surface area contributed by atoms with Crippen molar-refractivity contribution in [3.8, 4) is 0 Å². The number of nitrogens with zero attached hydrogens (tertiary/aromatic N) is 1. The molecular formula is C27H33Cl2NO2. The van der Waals surface area contributed by atoms with Crippen LogP contribution < -0.4 is 0 Å². The Morgan fingerprint density at radius 3 is 2.44 bits per heavy atom. The van der Waals surface area contributed by atoms with E-state index in [0.717, 1.165) is 36.8 Å². The quantitative estimate of drug-likeness (QED) is 0.331. The zero-order valence-electron chi connectivity index (χ0n) is 18.7. The Bertz CT molecular complexity index is 895. The van der Waals surface area contributed by atoms with Crippen LogP contribution >= 0.6 is 23.2 Å². The maximum absolute atomic E-state index is 13.6. The lowest BCUT2D eigenvalue weighted by atomic mass is 9.81. The molecule has 1 saturated carbocycles. The number of amides is 1. The minimum absolute atomic E-state index is 0.0387. The van der Waals surface area contributed by atoms with Crippen molar-refractivity contribution >= 4 is 29.1 Å². The van der Waals surface area contributed by atoms with Gasteiger partial charge < -0.3 is 10.0 Å². The topological polar surface area (TPSA) is 40.5 Å². The summed E-state index contributed by atoms with van der Waals surface area (Å²) in [5, 5.41) is 11.7. The minimum Gasteiger partial charge on any atom is -0.394 e. The van der Waals surface area contributed by atoms with Gasteiger partial charge in [-0.05, 0) is 67.0 Å². The number of carbonyl (C=O) groups excluding carboxylic acids is 1. The molecule has 3 nitrogen and oxygen atoms in total. The van der Waals surface area contributed by atoms with Crippen molar-refractivity contribution < 1.29 is 9.90 Å². The first-order valence-electron chi connectivity index (χ1n) is 11.5. The summed E-state index contributed by atoms with van der Waals surface area (Å²) < 4.78 is 0. The Kier molecular flexibility index (Phi) is 9.22. The number of halogens is 2. The lowest BCUT2D eigenvalue weighted by Crippen LogP contribution is -2.48. The van der Waals surface area contributed by atoms with Crippen LogP contribution in [0.5, 0.6) is 0 Å². The monoisotopic (exact) mass is 473 g/mol. The molecule has 0 saturated heterocycles. The first kappa shape index (κ1) is 24.8. The van der Waals surface area contributed by atoms with E-state index in [1.165, 1.54) is 0 Å². The van der Waals surface area contributed by atoms with Crippen molar-refractivity contribution in [2.45, 2.75) is 63.5 Å². The number of hydrogen-bond acceptors (Lipinski definition) is 2. The Hall–Kier alpha value is -1.81. The molecule has 32 heavy (non-hydrogen) atoms. The van der Waals surface area contributed by atoms with Crippen molar-refractivity contribution in [2.24, 2.45) is 5.92 Å². The van der Waals surface area contributed by atoms with Gasteiger partial charge in [-0.25, -0.2) is 0 Å². The van der Waals surface area contributed by atoms with E-state index in [2.05, 4.69) is 19.6 Å². The van der Waals surface area contributed by atoms with Crippen LogP contribution in [-0.2, 0) is 4.79 Å². The van der Waals surface area contributed by atoms with Crippen LogP contribution in [0.3, 0.4) is 0 Å². The van der Waals surface area contributed by atoms with Crippen LogP contribution in [-0.4, -0.2) is 28.6 Å². The van der Waals surface area contributed by atoms with Crippen molar-refractivity contribution in [3.63, 3.8) is 0 Å². The average molecular weight is 474 g/mol. The second-order valence-corrected chi connectivity index (χ2v) is 9.54. The summed E-state index contributed by atoms with van der Waals surface area (Å²) in [6.45, 7) is 5.91. The van der Waals surface area contributed by atoms with Crippen molar-refractivity contribution in [1.29, 1.82) is 0 Å². The first-order chi connectivity index (χ1) is 15.5. The van der Waals surface area contributed by atoms with Gasteiger partial charge in [0.05, 0.1) is 18.7 Å². The molecule has 2 aromatic rings. The van der Waals surface area contributed by atoms with Crippen molar-refractivity contribution in [1.82, 2.24) is 4.90 Å². The van der Waals surface area contributed by atoms with Gasteiger partial charge in [-0.15, -0.1) is 6.58 Å². The van der Waals surface area contributed by atoms with Gasteiger partial charge in [0, 0.05) is 22.4 Å². The molecule has 0 bridgehead atoms. The predicted molar refractivity (Wildman–Crippen MR) is 133 cm³/mol.